The molecule has 162 valence electrons. The monoisotopic (exact) mass is 476 g/mol. The zero-order chi connectivity index (χ0) is 22.4. The van der Waals surface area contributed by atoms with Crippen LogP contribution in [0.2, 0.25) is 0 Å². The van der Waals surface area contributed by atoms with Crippen LogP contribution in [0, 0.1) is 10.1 Å². The third-order valence-corrected chi connectivity index (χ3v) is 6.44. The van der Waals surface area contributed by atoms with Crippen LogP contribution in [0.1, 0.15) is 12.0 Å². The van der Waals surface area contributed by atoms with Crippen LogP contribution in [-0.2, 0) is 4.79 Å². The number of methoxy groups -OCH3 is 1. The summed E-state index contributed by atoms with van der Waals surface area (Å²) < 4.78 is 11.3. The van der Waals surface area contributed by atoms with E-state index in [1.165, 1.54) is 23.9 Å². The maximum absolute atomic E-state index is 12.7. The van der Waals surface area contributed by atoms with Crippen molar-refractivity contribution < 1.29 is 19.2 Å². The average molecular weight is 477 g/mol. The molecule has 0 aliphatic carbocycles. The number of hydrogen-bond donors (Lipinski definition) is 0. The van der Waals surface area contributed by atoms with Gasteiger partial charge in [-0.15, -0.1) is 0 Å². The molecule has 1 aliphatic rings. The molecule has 1 heterocycles. The van der Waals surface area contributed by atoms with Gasteiger partial charge in [-0.05, 0) is 60.4 Å². The van der Waals surface area contributed by atoms with E-state index in [1.807, 2.05) is 6.26 Å². The number of thiocarbonyl (C=S) groups is 1. The zero-order valence-corrected chi connectivity index (χ0v) is 19.4. The lowest BCUT2D eigenvalue weighted by molar-refractivity contribution is -0.385. The lowest BCUT2D eigenvalue weighted by Gasteiger charge is -2.13. The Labute approximate surface area is 193 Å². The molecular formula is C21H20N2O5S3. The topological polar surface area (TPSA) is 81.9 Å². The third-order valence-electron chi connectivity index (χ3n) is 4.37. The average Bonchev–Trinajstić information content (AvgIpc) is 3.02. The van der Waals surface area contributed by atoms with E-state index >= 15 is 0 Å². The quantitative estimate of drug-likeness (QED) is 0.157. The number of carbonyl (C=O) groups is 1. The van der Waals surface area contributed by atoms with Gasteiger partial charge in [-0.3, -0.25) is 19.8 Å². The highest BCUT2D eigenvalue weighted by Crippen LogP contribution is 2.36. The number of rotatable bonds is 9. The van der Waals surface area contributed by atoms with Gasteiger partial charge in [0.15, 0.2) is 0 Å². The maximum Gasteiger partial charge on any atom is 0.312 e. The third kappa shape index (κ3) is 5.78. The molecule has 0 atom stereocenters. The largest absolute Gasteiger partial charge is 0.497 e. The Bertz CT molecular complexity index is 1020. The minimum absolute atomic E-state index is 0.108. The number of benzene rings is 2. The number of nitro benzene ring substituents is 1. The first-order valence-corrected chi connectivity index (χ1v) is 11.9. The normalized spacial score (nSPS) is 14.9. The van der Waals surface area contributed by atoms with Crippen molar-refractivity contribution in [3.8, 4) is 17.2 Å². The summed E-state index contributed by atoms with van der Waals surface area (Å²) in [6, 6.07) is 11.3. The molecule has 1 amide bonds. The highest BCUT2D eigenvalue weighted by molar-refractivity contribution is 8.26. The van der Waals surface area contributed by atoms with E-state index in [0.717, 1.165) is 12.2 Å². The summed E-state index contributed by atoms with van der Waals surface area (Å²) >= 11 is 8.25. The minimum atomic E-state index is -0.510. The molecule has 0 bridgehead atoms. The fourth-order valence-electron chi connectivity index (χ4n) is 2.84. The summed E-state index contributed by atoms with van der Waals surface area (Å²) in [6.07, 6.45) is 4.49. The van der Waals surface area contributed by atoms with Gasteiger partial charge < -0.3 is 9.47 Å². The van der Waals surface area contributed by atoms with Gasteiger partial charge in [0.2, 0.25) is 5.75 Å². The van der Waals surface area contributed by atoms with Crippen LogP contribution in [0.25, 0.3) is 6.08 Å². The van der Waals surface area contributed by atoms with Crippen LogP contribution in [0.4, 0.5) is 5.69 Å². The number of thioether (sulfide) groups is 2. The molecule has 0 saturated carbocycles. The first-order chi connectivity index (χ1) is 14.9. The van der Waals surface area contributed by atoms with Crippen LogP contribution in [0.5, 0.6) is 17.2 Å². The predicted octanol–water partition coefficient (Wildman–Crippen LogP) is 5.35. The van der Waals surface area contributed by atoms with Gasteiger partial charge in [-0.2, -0.15) is 11.8 Å². The summed E-state index contributed by atoms with van der Waals surface area (Å²) in [4.78, 5) is 25.8. The molecular weight excluding hydrogens is 456 g/mol. The van der Waals surface area contributed by atoms with Crippen molar-refractivity contribution in [1.82, 2.24) is 4.90 Å². The van der Waals surface area contributed by atoms with Crippen LogP contribution < -0.4 is 9.47 Å². The minimum Gasteiger partial charge on any atom is -0.497 e. The van der Waals surface area contributed by atoms with Gasteiger partial charge >= 0.3 is 5.69 Å². The van der Waals surface area contributed by atoms with Crippen LogP contribution in [-0.4, -0.2) is 45.7 Å². The molecule has 0 unspecified atom stereocenters. The molecule has 2 aromatic carbocycles. The number of amides is 1. The zero-order valence-electron chi connectivity index (χ0n) is 16.9. The SMILES string of the molecule is COc1ccc(Oc2ccc(C=C3SC(=S)N(CCCSC)C3=O)cc2[N+](=O)[O-])cc1. The second-order valence-corrected chi connectivity index (χ2v) is 9.10. The Morgan fingerprint density at radius 2 is 1.94 bits per heavy atom. The van der Waals surface area contributed by atoms with Gasteiger partial charge in [0.1, 0.15) is 15.8 Å². The van der Waals surface area contributed by atoms with Crippen molar-refractivity contribution >= 4 is 57.7 Å². The molecule has 3 rings (SSSR count). The van der Waals surface area contributed by atoms with E-state index < -0.39 is 4.92 Å². The maximum atomic E-state index is 12.7. The molecule has 1 saturated heterocycles. The van der Waals surface area contributed by atoms with Crippen LogP contribution in [0.15, 0.2) is 47.4 Å². The highest BCUT2D eigenvalue weighted by atomic mass is 32.2. The van der Waals surface area contributed by atoms with E-state index in [9.17, 15) is 14.9 Å². The number of ether oxygens (including phenoxy) is 2. The standard InChI is InChI=1S/C21H20N2O5S3/c1-27-15-5-7-16(8-6-15)28-18-9-4-14(12-17(18)23(25)26)13-19-20(24)22(21(29)31-19)10-3-11-30-2/h4-9,12-13H,3,10-11H2,1-2H3. The summed E-state index contributed by atoms with van der Waals surface area (Å²) in [5.41, 5.74) is 0.332. The number of nitrogens with zero attached hydrogens (tertiary/aromatic N) is 2. The number of carbonyl (C=O) groups excluding carboxylic acids is 1. The van der Waals surface area contributed by atoms with Crippen molar-refractivity contribution in [2.24, 2.45) is 0 Å². The summed E-state index contributed by atoms with van der Waals surface area (Å²) in [5.74, 6) is 1.98. The predicted molar refractivity (Wildman–Crippen MR) is 129 cm³/mol. The van der Waals surface area contributed by atoms with Gasteiger partial charge in [0, 0.05) is 12.6 Å². The summed E-state index contributed by atoms with van der Waals surface area (Å²) in [6.45, 7) is 0.567. The van der Waals surface area contributed by atoms with Crippen molar-refractivity contribution in [3.05, 3.63) is 63.0 Å². The first-order valence-electron chi connectivity index (χ1n) is 9.27. The lowest BCUT2D eigenvalue weighted by Crippen LogP contribution is -2.29. The molecule has 0 aromatic heterocycles. The lowest BCUT2D eigenvalue weighted by atomic mass is 10.1. The van der Waals surface area contributed by atoms with Crippen molar-refractivity contribution in [2.75, 3.05) is 25.7 Å². The van der Waals surface area contributed by atoms with Gasteiger partial charge in [-0.1, -0.05) is 30.0 Å². The van der Waals surface area contributed by atoms with Crippen molar-refractivity contribution in [3.63, 3.8) is 0 Å². The van der Waals surface area contributed by atoms with Gasteiger partial charge in [-0.25, -0.2) is 0 Å². The van der Waals surface area contributed by atoms with Gasteiger partial charge in [0.05, 0.1) is 16.9 Å². The molecule has 1 fully saturated rings. The number of hydrogen-bond acceptors (Lipinski definition) is 8. The fourth-order valence-corrected chi connectivity index (χ4v) is 4.56. The molecule has 10 heteroatoms. The Balaban J connectivity index is 1.81. The van der Waals surface area contributed by atoms with Gasteiger partial charge in [0.25, 0.3) is 5.91 Å². The van der Waals surface area contributed by atoms with Crippen molar-refractivity contribution in [2.45, 2.75) is 6.42 Å². The second-order valence-electron chi connectivity index (χ2n) is 6.44. The van der Waals surface area contributed by atoms with E-state index in [-0.39, 0.29) is 17.3 Å². The number of nitro groups is 1. The molecule has 31 heavy (non-hydrogen) atoms. The summed E-state index contributed by atoms with van der Waals surface area (Å²) in [7, 11) is 1.55. The molecule has 0 radical (unpaired) electrons. The fraction of sp³-hybridized carbons (Fsp3) is 0.238. The molecule has 0 N–H and O–H groups in total. The van der Waals surface area contributed by atoms with Crippen molar-refractivity contribution in [1.29, 1.82) is 0 Å². The van der Waals surface area contributed by atoms with Crippen LogP contribution >= 0.6 is 35.7 Å². The Morgan fingerprint density at radius 1 is 1.23 bits per heavy atom. The van der Waals surface area contributed by atoms with Crippen LogP contribution in [0.3, 0.4) is 0 Å². The van der Waals surface area contributed by atoms with E-state index in [4.69, 9.17) is 21.7 Å². The van der Waals surface area contributed by atoms with E-state index in [2.05, 4.69) is 0 Å². The molecule has 2 aromatic rings. The molecule has 1 aliphatic heterocycles. The second kappa shape index (κ2) is 10.7. The van der Waals surface area contributed by atoms with E-state index in [1.54, 1.807) is 60.2 Å². The smallest absolute Gasteiger partial charge is 0.312 e. The Kier molecular flexibility index (Phi) is 7.94. The molecule has 7 nitrogen and oxygen atoms in total. The highest BCUT2D eigenvalue weighted by Gasteiger charge is 2.31. The first kappa shape index (κ1) is 23.1. The Morgan fingerprint density at radius 3 is 2.58 bits per heavy atom. The Hall–Kier alpha value is -2.56. The summed E-state index contributed by atoms with van der Waals surface area (Å²) in [5, 5.41) is 11.6. The molecule has 0 spiro atoms. The van der Waals surface area contributed by atoms with E-state index in [0.29, 0.717) is 32.8 Å².